The van der Waals surface area contributed by atoms with Crippen molar-refractivity contribution in [1.29, 1.82) is 0 Å². The summed E-state index contributed by atoms with van der Waals surface area (Å²) in [4.78, 5) is 12.1. The number of para-hydroxylation sites is 1. The van der Waals surface area contributed by atoms with Crippen LogP contribution in [0.1, 0.15) is 31.2 Å². The standard InChI is InChI=1S/C16H20N2O2/c19-11-13-5-3-4-12-8-9-18(16(12)13)10-15(20)17-14-6-1-2-7-14/h3-5,8-9,14,19H,1-2,6-7,10-11H2,(H,17,20). The van der Waals surface area contributed by atoms with Crippen molar-refractivity contribution < 1.29 is 9.90 Å². The highest BCUT2D eigenvalue weighted by atomic mass is 16.3. The van der Waals surface area contributed by atoms with Crippen molar-refractivity contribution in [3.05, 3.63) is 36.0 Å². The third kappa shape index (κ3) is 2.56. The van der Waals surface area contributed by atoms with Gasteiger partial charge in [0.1, 0.15) is 6.54 Å². The lowest BCUT2D eigenvalue weighted by Gasteiger charge is -2.13. The number of hydrogen-bond acceptors (Lipinski definition) is 2. The monoisotopic (exact) mass is 272 g/mol. The quantitative estimate of drug-likeness (QED) is 0.896. The van der Waals surface area contributed by atoms with E-state index in [2.05, 4.69) is 5.32 Å². The fourth-order valence-electron chi connectivity index (χ4n) is 3.10. The number of fused-ring (bicyclic) bond motifs is 1. The smallest absolute Gasteiger partial charge is 0.240 e. The highest BCUT2D eigenvalue weighted by molar-refractivity contribution is 5.85. The molecule has 4 nitrogen and oxygen atoms in total. The molecule has 0 atom stereocenters. The Bertz CT molecular complexity index is 612. The molecule has 1 aliphatic carbocycles. The molecule has 0 unspecified atom stereocenters. The maximum atomic E-state index is 12.1. The maximum Gasteiger partial charge on any atom is 0.240 e. The first-order valence-electron chi connectivity index (χ1n) is 7.25. The van der Waals surface area contributed by atoms with Crippen LogP contribution >= 0.6 is 0 Å². The first-order valence-corrected chi connectivity index (χ1v) is 7.25. The number of carbonyl (C=O) groups is 1. The van der Waals surface area contributed by atoms with E-state index >= 15 is 0 Å². The molecule has 0 saturated heterocycles. The second-order valence-electron chi connectivity index (χ2n) is 5.51. The van der Waals surface area contributed by atoms with Crippen LogP contribution in [0, 0.1) is 0 Å². The topological polar surface area (TPSA) is 54.3 Å². The number of amides is 1. The van der Waals surface area contributed by atoms with E-state index in [0.717, 1.165) is 29.3 Å². The molecule has 1 aliphatic rings. The Hall–Kier alpha value is -1.81. The molecule has 1 heterocycles. The number of hydrogen-bond donors (Lipinski definition) is 2. The maximum absolute atomic E-state index is 12.1. The summed E-state index contributed by atoms with van der Waals surface area (Å²) in [5, 5.41) is 13.6. The first-order chi connectivity index (χ1) is 9.78. The van der Waals surface area contributed by atoms with Crippen LogP contribution < -0.4 is 5.32 Å². The normalized spacial score (nSPS) is 15.8. The number of aliphatic hydroxyl groups is 1. The van der Waals surface area contributed by atoms with Crippen LogP contribution in [0.5, 0.6) is 0 Å². The van der Waals surface area contributed by atoms with Gasteiger partial charge in [-0.3, -0.25) is 4.79 Å². The van der Waals surface area contributed by atoms with Crippen molar-refractivity contribution in [2.75, 3.05) is 0 Å². The highest BCUT2D eigenvalue weighted by Gasteiger charge is 2.17. The van der Waals surface area contributed by atoms with E-state index in [1.807, 2.05) is 35.0 Å². The van der Waals surface area contributed by atoms with Gasteiger partial charge in [0, 0.05) is 17.8 Å². The molecule has 3 rings (SSSR count). The van der Waals surface area contributed by atoms with Gasteiger partial charge in [0.2, 0.25) is 5.91 Å². The zero-order valence-electron chi connectivity index (χ0n) is 11.5. The van der Waals surface area contributed by atoms with Crippen molar-refractivity contribution in [2.24, 2.45) is 0 Å². The van der Waals surface area contributed by atoms with Crippen LogP contribution in [0.2, 0.25) is 0 Å². The molecule has 0 spiro atoms. The number of aliphatic hydroxyl groups excluding tert-OH is 1. The molecule has 1 fully saturated rings. The summed E-state index contributed by atoms with van der Waals surface area (Å²) in [6.45, 7) is 0.308. The average molecular weight is 272 g/mol. The molecule has 20 heavy (non-hydrogen) atoms. The Kier molecular flexibility index (Phi) is 3.74. The Morgan fingerprint density at radius 3 is 2.85 bits per heavy atom. The molecule has 2 aromatic rings. The van der Waals surface area contributed by atoms with Crippen molar-refractivity contribution in [2.45, 2.75) is 44.9 Å². The summed E-state index contributed by atoms with van der Waals surface area (Å²) in [5.74, 6) is 0.0575. The summed E-state index contributed by atoms with van der Waals surface area (Å²) < 4.78 is 1.92. The molecule has 1 aromatic heterocycles. The minimum absolute atomic E-state index is 0.00834. The van der Waals surface area contributed by atoms with Gasteiger partial charge >= 0.3 is 0 Å². The van der Waals surface area contributed by atoms with Gasteiger partial charge in [-0.05, 0) is 24.3 Å². The number of carbonyl (C=O) groups excluding carboxylic acids is 1. The van der Waals surface area contributed by atoms with Gasteiger partial charge in [0.05, 0.1) is 12.1 Å². The Morgan fingerprint density at radius 2 is 2.10 bits per heavy atom. The van der Waals surface area contributed by atoms with Crippen molar-refractivity contribution >= 4 is 16.8 Å². The molecule has 106 valence electrons. The number of aromatic nitrogens is 1. The second-order valence-corrected chi connectivity index (χ2v) is 5.51. The lowest BCUT2D eigenvalue weighted by atomic mass is 10.1. The zero-order chi connectivity index (χ0) is 13.9. The third-order valence-corrected chi connectivity index (χ3v) is 4.08. The molecule has 4 heteroatoms. The van der Waals surface area contributed by atoms with Gasteiger partial charge in [-0.1, -0.05) is 31.0 Å². The molecule has 0 radical (unpaired) electrons. The zero-order valence-corrected chi connectivity index (χ0v) is 11.5. The van der Waals surface area contributed by atoms with E-state index in [1.165, 1.54) is 12.8 Å². The fraction of sp³-hybridized carbons (Fsp3) is 0.438. The van der Waals surface area contributed by atoms with E-state index in [1.54, 1.807) is 0 Å². The van der Waals surface area contributed by atoms with Gasteiger partial charge < -0.3 is 15.0 Å². The van der Waals surface area contributed by atoms with Gasteiger partial charge in [-0.25, -0.2) is 0 Å². The number of nitrogens with one attached hydrogen (secondary N) is 1. The fourth-order valence-corrected chi connectivity index (χ4v) is 3.10. The summed E-state index contributed by atoms with van der Waals surface area (Å²) in [5.41, 5.74) is 1.82. The first kappa shape index (κ1) is 13.2. The molecular formula is C16H20N2O2. The predicted molar refractivity (Wildman–Crippen MR) is 78.3 cm³/mol. The largest absolute Gasteiger partial charge is 0.392 e. The predicted octanol–water partition coefficient (Wildman–Crippen LogP) is 2.19. The Morgan fingerprint density at radius 1 is 1.30 bits per heavy atom. The third-order valence-electron chi connectivity index (χ3n) is 4.08. The average Bonchev–Trinajstić information content (AvgIpc) is 3.09. The van der Waals surface area contributed by atoms with Crippen molar-refractivity contribution in [1.82, 2.24) is 9.88 Å². The van der Waals surface area contributed by atoms with E-state index in [9.17, 15) is 9.90 Å². The summed E-state index contributed by atoms with van der Waals surface area (Å²) >= 11 is 0. The van der Waals surface area contributed by atoms with Crippen LogP contribution in [0.4, 0.5) is 0 Å². The minimum atomic E-state index is -0.00834. The van der Waals surface area contributed by atoms with Crippen LogP contribution in [-0.4, -0.2) is 21.6 Å². The van der Waals surface area contributed by atoms with Crippen molar-refractivity contribution in [3.63, 3.8) is 0 Å². The number of benzene rings is 1. The van der Waals surface area contributed by atoms with Crippen LogP contribution in [0.15, 0.2) is 30.5 Å². The molecule has 2 N–H and O–H groups in total. The molecule has 1 saturated carbocycles. The lowest BCUT2D eigenvalue weighted by molar-refractivity contribution is -0.122. The number of rotatable bonds is 4. The van der Waals surface area contributed by atoms with E-state index in [4.69, 9.17) is 0 Å². The lowest BCUT2D eigenvalue weighted by Crippen LogP contribution is -2.35. The van der Waals surface area contributed by atoms with Crippen LogP contribution in [0.25, 0.3) is 10.9 Å². The van der Waals surface area contributed by atoms with Gasteiger partial charge in [-0.15, -0.1) is 0 Å². The van der Waals surface area contributed by atoms with E-state index in [-0.39, 0.29) is 12.5 Å². The highest BCUT2D eigenvalue weighted by Crippen LogP contribution is 2.21. The summed E-state index contributed by atoms with van der Waals surface area (Å²) in [7, 11) is 0. The van der Waals surface area contributed by atoms with Crippen molar-refractivity contribution in [3.8, 4) is 0 Å². The van der Waals surface area contributed by atoms with Crippen LogP contribution in [-0.2, 0) is 17.9 Å². The molecular weight excluding hydrogens is 252 g/mol. The van der Waals surface area contributed by atoms with Gasteiger partial charge in [0.15, 0.2) is 0 Å². The molecule has 0 bridgehead atoms. The van der Waals surface area contributed by atoms with Gasteiger partial charge in [0.25, 0.3) is 0 Å². The summed E-state index contributed by atoms with van der Waals surface area (Å²) in [6, 6.07) is 8.16. The van der Waals surface area contributed by atoms with E-state index in [0.29, 0.717) is 12.6 Å². The number of nitrogens with zero attached hydrogens (tertiary/aromatic N) is 1. The summed E-state index contributed by atoms with van der Waals surface area (Å²) in [6.07, 6.45) is 6.54. The second kappa shape index (κ2) is 5.67. The van der Waals surface area contributed by atoms with Gasteiger partial charge in [-0.2, -0.15) is 0 Å². The van der Waals surface area contributed by atoms with Crippen LogP contribution in [0.3, 0.4) is 0 Å². The Balaban J connectivity index is 1.78. The Labute approximate surface area is 118 Å². The molecule has 0 aliphatic heterocycles. The minimum Gasteiger partial charge on any atom is -0.392 e. The molecule has 1 aromatic carbocycles. The molecule has 1 amide bonds. The van der Waals surface area contributed by atoms with E-state index < -0.39 is 0 Å². The SMILES string of the molecule is O=C(Cn1ccc2cccc(CO)c21)NC1CCCC1.